The van der Waals surface area contributed by atoms with Crippen molar-refractivity contribution < 1.29 is 9.84 Å². The van der Waals surface area contributed by atoms with Crippen LogP contribution in [0.5, 0.6) is 11.5 Å². The Bertz CT molecular complexity index is 450. The second kappa shape index (κ2) is 2.81. The summed E-state index contributed by atoms with van der Waals surface area (Å²) in [7, 11) is 1.60. The molecule has 2 aromatic rings. The Hall–Kier alpha value is -1.42. The molecule has 0 atom stereocenters. The number of rotatable bonds is 1. The number of anilines is 1. The van der Waals surface area contributed by atoms with Crippen LogP contribution in [-0.2, 0) is 0 Å². The van der Waals surface area contributed by atoms with Crippen LogP contribution in [0.25, 0.3) is 10.1 Å². The summed E-state index contributed by atoms with van der Waals surface area (Å²) in [4.78, 5) is 0. The molecule has 0 aliphatic heterocycles. The molecule has 3 nitrogen and oxygen atoms in total. The van der Waals surface area contributed by atoms with Crippen LogP contribution in [0.2, 0.25) is 0 Å². The van der Waals surface area contributed by atoms with E-state index in [0.29, 0.717) is 11.1 Å². The number of nitrogens with two attached hydrogens (primary N) is 1. The minimum absolute atomic E-state index is 0.219. The fourth-order valence-corrected chi connectivity index (χ4v) is 2.25. The minimum Gasteiger partial charge on any atom is -0.506 e. The molecule has 1 heterocycles. The van der Waals surface area contributed by atoms with Crippen molar-refractivity contribution in [1.29, 1.82) is 0 Å². The maximum Gasteiger partial charge on any atom is 0.136 e. The number of methoxy groups -OCH3 is 1. The Morgan fingerprint density at radius 3 is 2.92 bits per heavy atom. The summed E-state index contributed by atoms with van der Waals surface area (Å²) in [5.74, 6) is 0.964. The maximum atomic E-state index is 9.49. The molecule has 0 radical (unpaired) electrons. The Morgan fingerprint density at radius 2 is 2.23 bits per heavy atom. The summed E-state index contributed by atoms with van der Waals surface area (Å²) in [6, 6.07) is 3.53. The van der Waals surface area contributed by atoms with E-state index in [2.05, 4.69) is 0 Å². The normalized spacial score (nSPS) is 10.5. The molecule has 0 spiro atoms. The highest BCUT2D eigenvalue weighted by Crippen LogP contribution is 2.40. The zero-order chi connectivity index (χ0) is 9.42. The van der Waals surface area contributed by atoms with Gasteiger partial charge in [-0.1, -0.05) is 0 Å². The van der Waals surface area contributed by atoms with Gasteiger partial charge in [0.2, 0.25) is 0 Å². The molecule has 0 bridgehead atoms. The van der Waals surface area contributed by atoms with Crippen LogP contribution in [0, 0.1) is 0 Å². The van der Waals surface area contributed by atoms with Gasteiger partial charge in [0.05, 0.1) is 17.2 Å². The monoisotopic (exact) mass is 195 g/mol. The molecule has 68 valence electrons. The van der Waals surface area contributed by atoms with E-state index in [0.717, 1.165) is 10.4 Å². The first-order chi connectivity index (χ1) is 6.24. The minimum atomic E-state index is 0.219. The number of hydrogen-bond donors (Lipinski definition) is 2. The Kier molecular flexibility index (Phi) is 1.77. The summed E-state index contributed by atoms with van der Waals surface area (Å²) >= 11 is 1.42. The molecule has 0 saturated carbocycles. The second-order valence-corrected chi connectivity index (χ2v) is 3.56. The number of thiophene rings is 1. The van der Waals surface area contributed by atoms with Gasteiger partial charge in [0.15, 0.2) is 0 Å². The van der Waals surface area contributed by atoms with Crippen molar-refractivity contribution in [3.63, 3.8) is 0 Å². The molecule has 4 heteroatoms. The average molecular weight is 195 g/mol. The lowest BCUT2D eigenvalue weighted by molar-refractivity contribution is 0.420. The standard InChI is InChI=1S/C9H9NO2S/c1-12-7-3-2-5(10)8-6(11)4-13-9(7)8/h2-4,11H,10H2,1H3. The Labute approximate surface area is 79.4 Å². The van der Waals surface area contributed by atoms with Crippen LogP contribution < -0.4 is 10.5 Å². The fourth-order valence-electron chi connectivity index (χ4n) is 1.29. The third kappa shape index (κ3) is 1.10. The van der Waals surface area contributed by atoms with Gasteiger partial charge in [-0.05, 0) is 12.1 Å². The third-order valence-electron chi connectivity index (χ3n) is 1.92. The molecular formula is C9H9NO2S. The molecule has 0 amide bonds. The zero-order valence-corrected chi connectivity index (χ0v) is 7.89. The maximum absolute atomic E-state index is 9.49. The lowest BCUT2D eigenvalue weighted by Crippen LogP contribution is -1.87. The van der Waals surface area contributed by atoms with E-state index in [-0.39, 0.29) is 5.75 Å². The first-order valence-electron chi connectivity index (χ1n) is 3.76. The van der Waals surface area contributed by atoms with Crippen LogP contribution in [-0.4, -0.2) is 12.2 Å². The third-order valence-corrected chi connectivity index (χ3v) is 2.90. The molecule has 1 aromatic heterocycles. The van der Waals surface area contributed by atoms with Crippen molar-refractivity contribution in [2.45, 2.75) is 0 Å². The highest BCUT2D eigenvalue weighted by molar-refractivity contribution is 7.18. The lowest BCUT2D eigenvalue weighted by atomic mass is 10.2. The van der Waals surface area contributed by atoms with Gasteiger partial charge in [0.1, 0.15) is 11.5 Å². The van der Waals surface area contributed by atoms with Crippen LogP contribution in [0.4, 0.5) is 5.69 Å². The number of nitrogen functional groups attached to an aromatic ring is 1. The summed E-state index contributed by atoms with van der Waals surface area (Å²) in [5.41, 5.74) is 6.29. The van der Waals surface area contributed by atoms with E-state index >= 15 is 0 Å². The Morgan fingerprint density at radius 1 is 1.46 bits per heavy atom. The molecular weight excluding hydrogens is 186 g/mol. The number of ether oxygens (including phenoxy) is 1. The first-order valence-corrected chi connectivity index (χ1v) is 4.64. The van der Waals surface area contributed by atoms with Gasteiger partial charge >= 0.3 is 0 Å². The van der Waals surface area contributed by atoms with E-state index in [9.17, 15) is 5.11 Å². The van der Waals surface area contributed by atoms with Crippen LogP contribution in [0.1, 0.15) is 0 Å². The predicted molar refractivity (Wildman–Crippen MR) is 54.5 cm³/mol. The van der Waals surface area contributed by atoms with Crippen LogP contribution in [0.15, 0.2) is 17.5 Å². The van der Waals surface area contributed by atoms with E-state index in [1.807, 2.05) is 0 Å². The molecule has 0 fully saturated rings. The molecule has 1 aromatic carbocycles. The van der Waals surface area contributed by atoms with Gasteiger partial charge in [-0.25, -0.2) is 0 Å². The van der Waals surface area contributed by atoms with E-state index in [1.165, 1.54) is 11.3 Å². The predicted octanol–water partition coefficient (Wildman–Crippen LogP) is 2.20. The topological polar surface area (TPSA) is 55.5 Å². The van der Waals surface area contributed by atoms with Gasteiger partial charge in [0, 0.05) is 11.1 Å². The number of aromatic hydroxyl groups is 1. The largest absolute Gasteiger partial charge is 0.506 e. The van der Waals surface area contributed by atoms with Crippen LogP contribution in [0.3, 0.4) is 0 Å². The van der Waals surface area contributed by atoms with Crippen molar-refractivity contribution in [1.82, 2.24) is 0 Å². The summed E-state index contributed by atoms with van der Waals surface area (Å²) in [6.45, 7) is 0. The highest BCUT2D eigenvalue weighted by Gasteiger charge is 2.10. The van der Waals surface area contributed by atoms with Crippen molar-refractivity contribution in [3.8, 4) is 11.5 Å². The molecule has 0 saturated heterocycles. The molecule has 2 rings (SSSR count). The number of fused-ring (bicyclic) bond motifs is 1. The van der Waals surface area contributed by atoms with Crippen molar-refractivity contribution >= 4 is 27.1 Å². The SMILES string of the molecule is COc1ccc(N)c2c(O)csc12. The fraction of sp³-hybridized carbons (Fsp3) is 0.111. The average Bonchev–Trinajstić information content (AvgIpc) is 2.50. The van der Waals surface area contributed by atoms with Gasteiger partial charge < -0.3 is 15.6 Å². The molecule has 0 aliphatic rings. The van der Waals surface area contributed by atoms with E-state index in [4.69, 9.17) is 10.5 Å². The van der Waals surface area contributed by atoms with E-state index in [1.54, 1.807) is 24.6 Å². The first kappa shape index (κ1) is 8.19. The van der Waals surface area contributed by atoms with Gasteiger partial charge in [-0.2, -0.15) is 0 Å². The second-order valence-electron chi connectivity index (χ2n) is 2.68. The van der Waals surface area contributed by atoms with Crippen LogP contribution >= 0.6 is 11.3 Å². The summed E-state index contributed by atoms with van der Waals surface area (Å²) < 4.78 is 6.03. The van der Waals surface area contributed by atoms with Crippen molar-refractivity contribution in [3.05, 3.63) is 17.5 Å². The number of benzene rings is 1. The van der Waals surface area contributed by atoms with Gasteiger partial charge in [0.25, 0.3) is 0 Å². The Balaban J connectivity index is 2.87. The molecule has 3 N–H and O–H groups in total. The quantitative estimate of drug-likeness (QED) is 0.686. The highest BCUT2D eigenvalue weighted by atomic mass is 32.1. The van der Waals surface area contributed by atoms with Gasteiger partial charge in [-0.3, -0.25) is 0 Å². The zero-order valence-electron chi connectivity index (χ0n) is 7.07. The molecule has 13 heavy (non-hydrogen) atoms. The van der Waals surface area contributed by atoms with E-state index < -0.39 is 0 Å². The molecule has 0 aliphatic carbocycles. The van der Waals surface area contributed by atoms with Gasteiger partial charge in [-0.15, -0.1) is 11.3 Å². The lowest BCUT2D eigenvalue weighted by Gasteiger charge is -2.02. The number of hydrogen-bond acceptors (Lipinski definition) is 4. The van der Waals surface area contributed by atoms with Crippen molar-refractivity contribution in [2.24, 2.45) is 0 Å². The summed E-state index contributed by atoms with van der Waals surface area (Å²) in [5, 5.41) is 11.8. The smallest absolute Gasteiger partial charge is 0.136 e. The molecule has 0 unspecified atom stereocenters. The summed E-state index contributed by atoms with van der Waals surface area (Å²) in [6.07, 6.45) is 0. The van der Waals surface area contributed by atoms with Crippen molar-refractivity contribution in [2.75, 3.05) is 12.8 Å².